The normalized spacial score (nSPS) is 29.4. The molecule has 1 aliphatic rings. The number of piperidine rings is 1. The summed E-state index contributed by atoms with van der Waals surface area (Å²) in [4.78, 5) is 5.57. The molecule has 0 aromatic heterocycles. The molecule has 5 heteroatoms. The van der Waals surface area contributed by atoms with Crippen LogP contribution in [0.4, 0.5) is 0 Å². The zero-order chi connectivity index (χ0) is 13.0. The summed E-state index contributed by atoms with van der Waals surface area (Å²) in [7, 11) is 0. The van der Waals surface area contributed by atoms with E-state index in [4.69, 9.17) is 9.94 Å². The molecule has 0 aliphatic carbocycles. The summed E-state index contributed by atoms with van der Waals surface area (Å²) in [6.07, 6.45) is -1.77. The number of rotatable bonds is 4. The number of nitrogens with zero attached hydrogens (tertiary/aromatic N) is 1. The maximum Gasteiger partial charge on any atom is 0.0953 e. The molecule has 18 heavy (non-hydrogen) atoms. The number of β-amino-alcohol motifs (C(OH)–C–C–N with tert-alkyl or cyclic N) is 1. The molecule has 100 valence electrons. The Morgan fingerprint density at radius 1 is 1.17 bits per heavy atom. The molecule has 0 spiro atoms. The fraction of sp³-hybridized carbons (Fsp3) is 0.538. The first-order chi connectivity index (χ1) is 8.70. The molecule has 1 aromatic carbocycles. The zero-order valence-electron chi connectivity index (χ0n) is 10.1. The molecular formula is C13H19NO4. The molecule has 0 unspecified atom stereocenters. The first-order valence-electron chi connectivity index (χ1n) is 6.09. The third-order valence-electron chi connectivity index (χ3n) is 3.20. The summed E-state index contributed by atoms with van der Waals surface area (Å²) in [5, 5.41) is 30.0. The standard InChI is InChI=1S/C13H19NO4/c15-8-11-6-14(7-12(16)13(11)17)18-9-10-4-2-1-3-5-10/h1-5,11-13,15-17H,6-9H2/t11-,12-,13-/m1/s1. The van der Waals surface area contributed by atoms with Gasteiger partial charge < -0.3 is 15.3 Å². The van der Waals surface area contributed by atoms with Crippen molar-refractivity contribution in [1.82, 2.24) is 5.06 Å². The Morgan fingerprint density at radius 2 is 1.89 bits per heavy atom. The molecule has 3 N–H and O–H groups in total. The predicted molar refractivity (Wildman–Crippen MR) is 65.4 cm³/mol. The molecule has 0 amide bonds. The van der Waals surface area contributed by atoms with E-state index in [1.807, 2.05) is 30.3 Å². The van der Waals surface area contributed by atoms with Crippen molar-refractivity contribution >= 4 is 0 Å². The molecule has 2 rings (SSSR count). The summed E-state index contributed by atoms with van der Waals surface area (Å²) in [5.74, 6) is -0.371. The van der Waals surface area contributed by atoms with Crippen molar-refractivity contribution in [2.45, 2.75) is 18.8 Å². The Morgan fingerprint density at radius 3 is 2.56 bits per heavy atom. The number of benzene rings is 1. The van der Waals surface area contributed by atoms with Gasteiger partial charge in [-0.05, 0) is 5.56 Å². The lowest BCUT2D eigenvalue weighted by Crippen LogP contribution is -2.53. The molecule has 1 saturated heterocycles. The van der Waals surface area contributed by atoms with Gasteiger partial charge in [0, 0.05) is 19.1 Å². The van der Waals surface area contributed by atoms with Crippen molar-refractivity contribution in [2.24, 2.45) is 5.92 Å². The SMILES string of the molecule is OC[C@H]1CN(OCc2ccccc2)C[C@@H](O)[C@@H]1O. The summed E-state index contributed by atoms with van der Waals surface area (Å²) in [5.41, 5.74) is 1.04. The van der Waals surface area contributed by atoms with Gasteiger partial charge in [-0.3, -0.25) is 4.84 Å². The van der Waals surface area contributed by atoms with Gasteiger partial charge in [-0.25, -0.2) is 0 Å². The van der Waals surface area contributed by atoms with E-state index in [1.54, 1.807) is 5.06 Å². The van der Waals surface area contributed by atoms with Gasteiger partial charge >= 0.3 is 0 Å². The van der Waals surface area contributed by atoms with Gasteiger partial charge in [-0.15, -0.1) is 0 Å². The van der Waals surface area contributed by atoms with E-state index in [-0.39, 0.29) is 19.1 Å². The minimum Gasteiger partial charge on any atom is -0.396 e. The molecule has 1 aliphatic heterocycles. The Bertz CT molecular complexity index is 359. The average Bonchev–Trinajstić information content (AvgIpc) is 2.41. The smallest absolute Gasteiger partial charge is 0.0953 e. The Hall–Kier alpha value is -0.980. The summed E-state index contributed by atoms with van der Waals surface area (Å²) >= 11 is 0. The van der Waals surface area contributed by atoms with Gasteiger partial charge in [0.05, 0.1) is 25.4 Å². The van der Waals surface area contributed by atoms with Crippen LogP contribution in [0.1, 0.15) is 5.56 Å². The maximum atomic E-state index is 9.66. The van der Waals surface area contributed by atoms with E-state index < -0.39 is 12.2 Å². The topological polar surface area (TPSA) is 73.2 Å². The van der Waals surface area contributed by atoms with E-state index in [0.717, 1.165) is 5.56 Å². The van der Waals surface area contributed by atoms with E-state index in [9.17, 15) is 10.2 Å². The molecule has 0 saturated carbocycles. The number of aliphatic hydroxyl groups is 3. The Kier molecular flexibility index (Phi) is 4.68. The second-order valence-corrected chi connectivity index (χ2v) is 4.61. The van der Waals surface area contributed by atoms with E-state index in [2.05, 4.69) is 0 Å². The summed E-state index contributed by atoms with van der Waals surface area (Å²) in [6.45, 7) is 0.928. The average molecular weight is 253 g/mol. The fourth-order valence-corrected chi connectivity index (χ4v) is 2.09. The van der Waals surface area contributed by atoms with Crippen molar-refractivity contribution < 1.29 is 20.2 Å². The summed E-state index contributed by atoms with van der Waals surface area (Å²) < 4.78 is 0. The molecule has 3 atom stereocenters. The van der Waals surface area contributed by atoms with Crippen LogP contribution < -0.4 is 0 Å². The largest absolute Gasteiger partial charge is 0.396 e. The molecule has 1 aromatic rings. The number of aliphatic hydroxyl groups excluding tert-OH is 3. The van der Waals surface area contributed by atoms with Gasteiger partial charge in [-0.1, -0.05) is 30.3 Å². The molecule has 1 heterocycles. The Balaban J connectivity index is 1.86. The van der Waals surface area contributed by atoms with Crippen LogP contribution in [0.25, 0.3) is 0 Å². The molecule has 1 fully saturated rings. The zero-order valence-corrected chi connectivity index (χ0v) is 10.1. The number of hydrogen-bond donors (Lipinski definition) is 3. The minimum absolute atomic E-state index is 0.163. The van der Waals surface area contributed by atoms with E-state index in [1.165, 1.54) is 0 Å². The van der Waals surface area contributed by atoms with Crippen molar-refractivity contribution in [1.29, 1.82) is 0 Å². The van der Waals surface area contributed by atoms with Gasteiger partial charge in [-0.2, -0.15) is 5.06 Å². The lowest BCUT2D eigenvalue weighted by molar-refractivity contribution is -0.231. The van der Waals surface area contributed by atoms with Crippen molar-refractivity contribution in [3.05, 3.63) is 35.9 Å². The minimum atomic E-state index is -0.883. The third-order valence-corrected chi connectivity index (χ3v) is 3.20. The van der Waals surface area contributed by atoms with Crippen LogP contribution in [0.3, 0.4) is 0 Å². The number of hydroxylamine groups is 2. The van der Waals surface area contributed by atoms with Crippen LogP contribution in [0.5, 0.6) is 0 Å². The summed E-state index contributed by atoms with van der Waals surface area (Å²) in [6, 6.07) is 9.72. The highest BCUT2D eigenvalue weighted by Crippen LogP contribution is 2.18. The van der Waals surface area contributed by atoms with Crippen LogP contribution in [0.15, 0.2) is 30.3 Å². The van der Waals surface area contributed by atoms with E-state index >= 15 is 0 Å². The van der Waals surface area contributed by atoms with Crippen molar-refractivity contribution in [3.63, 3.8) is 0 Å². The second kappa shape index (κ2) is 6.26. The van der Waals surface area contributed by atoms with Gasteiger partial charge in [0.2, 0.25) is 0 Å². The first kappa shape index (κ1) is 13.5. The second-order valence-electron chi connectivity index (χ2n) is 4.61. The van der Waals surface area contributed by atoms with Crippen LogP contribution >= 0.6 is 0 Å². The van der Waals surface area contributed by atoms with Gasteiger partial charge in [0.15, 0.2) is 0 Å². The first-order valence-corrected chi connectivity index (χ1v) is 6.09. The highest BCUT2D eigenvalue weighted by Gasteiger charge is 2.34. The highest BCUT2D eigenvalue weighted by molar-refractivity contribution is 5.13. The van der Waals surface area contributed by atoms with Crippen LogP contribution in [-0.4, -0.2) is 52.3 Å². The number of hydrogen-bond acceptors (Lipinski definition) is 5. The van der Waals surface area contributed by atoms with Crippen molar-refractivity contribution in [3.8, 4) is 0 Å². The molecule has 0 radical (unpaired) electrons. The molecule has 0 bridgehead atoms. The van der Waals surface area contributed by atoms with Gasteiger partial charge in [0.25, 0.3) is 0 Å². The highest BCUT2D eigenvalue weighted by atomic mass is 16.7. The van der Waals surface area contributed by atoms with Crippen LogP contribution in [0, 0.1) is 5.92 Å². The van der Waals surface area contributed by atoms with Crippen LogP contribution in [-0.2, 0) is 11.4 Å². The maximum absolute atomic E-state index is 9.66. The fourth-order valence-electron chi connectivity index (χ4n) is 2.09. The monoisotopic (exact) mass is 253 g/mol. The molecule has 5 nitrogen and oxygen atoms in total. The predicted octanol–water partition coefficient (Wildman–Crippen LogP) is -0.236. The van der Waals surface area contributed by atoms with Gasteiger partial charge in [0.1, 0.15) is 0 Å². The van der Waals surface area contributed by atoms with E-state index in [0.29, 0.717) is 13.2 Å². The Labute approximate surface area is 106 Å². The lowest BCUT2D eigenvalue weighted by Gasteiger charge is -2.37. The van der Waals surface area contributed by atoms with Crippen LogP contribution in [0.2, 0.25) is 0 Å². The quantitative estimate of drug-likeness (QED) is 0.691. The molecular weight excluding hydrogens is 234 g/mol. The third kappa shape index (κ3) is 3.28. The van der Waals surface area contributed by atoms with Crippen molar-refractivity contribution in [2.75, 3.05) is 19.7 Å². The lowest BCUT2D eigenvalue weighted by atomic mass is 9.94.